The van der Waals surface area contributed by atoms with Crippen LogP contribution in [0.3, 0.4) is 0 Å². The Morgan fingerprint density at radius 2 is 1.58 bits per heavy atom. The van der Waals surface area contributed by atoms with Crippen LogP contribution < -0.4 is 14.8 Å². The quantitative estimate of drug-likeness (QED) is 0.879. The summed E-state index contributed by atoms with van der Waals surface area (Å²) >= 11 is 0. The summed E-state index contributed by atoms with van der Waals surface area (Å²) < 4.78 is 10.7. The fourth-order valence-electron chi connectivity index (χ4n) is 2.78. The Labute approximate surface area is 143 Å². The number of rotatable bonds is 6. The molecule has 0 aliphatic carbocycles. The minimum absolute atomic E-state index is 0.0463. The van der Waals surface area contributed by atoms with Crippen LogP contribution in [0.2, 0.25) is 0 Å². The first kappa shape index (κ1) is 17.9. The van der Waals surface area contributed by atoms with Crippen molar-refractivity contribution in [3.63, 3.8) is 0 Å². The Hall–Kier alpha value is -2.49. The van der Waals surface area contributed by atoms with Gasteiger partial charge in [0.2, 0.25) is 5.91 Å². The fourth-order valence-corrected chi connectivity index (χ4v) is 2.78. The normalized spacial score (nSPS) is 11.7. The van der Waals surface area contributed by atoms with E-state index in [4.69, 9.17) is 9.47 Å². The molecule has 2 aromatic rings. The summed E-state index contributed by atoms with van der Waals surface area (Å²) in [6, 6.07) is 11.7. The van der Waals surface area contributed by atoms with E-state index in [1.807, 2.05) is 57.2 Å². The van der Waals surface area contributed by atoms with Crippen molar-refractivity contribution >= 4 is 5.91 Å². The molecule has 0 saturated carbocycles. The number of ether oxygens (including phenoxy) is 2. The van der Waals surface area contributed by atoms with Crippen molar-refractivity contribution in [2.45, 2.75) is 33.2 Å². The summed E-state index contributed by atoms with van der Waals surface area (Å²) in [6.07, 6.45) is 0.281. The predicted molar refractivity (Wildman–Crippen MR) is 95.7 cm³/mol. The molecule has 0 radical (unpaired) electrons. The van der Waals surface area contributed by atoms with Gasteiger partial charge in [-0.15, -0.1) is 0 Å². The number of nitrogens with one attached hydrogen (secondary N) is 1. The minimum Gasteiger partial charge on any atom is -0.496 e. The van der Waals surface area contributed by atoms with E-state index in [2.05, 4.69) is 5.32 Å². The van der Waals surface area contributed by atoms with Crippen LogP contribution in [0, 0.1) is 13.8 Å². The first-order chi connectivity index (χ1) is 11.4. The molecule has 2 rings (SSSR count). The minimum atomic E-state index is -0.136. The molecule has 24 heavy (non-hydrogen) atoms. The molecule has 4 heteroatoms. The maximum atomic E-state index is 12.5. The number of carbonyl (C=O) groups is 1. The molecule has 0 heterocycles. The summed E-state index contributed by atoms with van der Waals surface area (Å²) in [5, 5.41) is 3.04. The van der Waals surface area contributed by atoms with Gasteiger partial charge in [0.05, 0.1) is 26.7 Å². The zero-order valence-corrected chi connectivity index (χ0v) is 15.0. The van der Waals surface area contributed by atoms with Gasteiger partial charge in [0.1, 0.15) is 11.5 Å². The highest BCUT2D eigenvalue weighted by atomic mass is 16.5. The van der Waals surface area contributed by atoms with Gasteiger partial charge in [-0.3, -0.25) is 4.79 Å². The second kappa shape index (κ2) is 7.86. The van der Waals surface area contributed by atoms with Crippen LogP contribution in [0.25, 0.3) is 0 Å². The fraction of sp³-hybridized carbons (Fsp3) is 0.350. The van der Waals surface area contributed by atoms with Crippen LogP contribution >= 0.6 is 0 Å². The molecule has 0 unspecified atom stereocenters. The average molecular weight is 327 g/mol. The standard InChI is InChI=1S/C20H25NO3/c1-13-6-8-18(23-4)16(10-13)12-20(22)21-15(3)17-11-14(2)7-9-19(17)24-5/h6-11,15H,12H2,1-5H3,(H,21,22)/t15-/m1/s1. The van der Waals surface area contributed by atoms with E-state index in [9.17, 15) is 4.79 Å². The molecule has 0 aromatic heterocycles. The molecule has 1 amide bonds. The van der Waals surface area contributed by atoms with E-state index in [-0.39, 0.29) is 18.4 Å². The molecule has 0 aliphatic heterocycles. The molecule has 0 fully saturated rings. The van der Waals surface area contributed by atoms with Crippen molar-refractivity contribution in [1.82, 2.24) is 5.32 Å². The SMILES string of the molecule is COc1ccc(C)cc1CC(=O)N[C@H](C)c1cc(C)ccc1OC. The van der Waals surface area contributed by atoms with Gasteiger partial charge in [0.25, 0.3) is 0 Å². The Bertz CT molecular complexity index is 725. The van der Waals surface area contributed by atoms with Gasteiger partial charge in [-0.25, -0.2) is 0 Å². The van der Waals surface area contributed by atoms with Gasteiger partial charge >= 0.3 is 0 Å². The summed E-state index contributed by atoms with van der Waals surface area (Å²) in [6.45, 7) is 5.98. The molecular formula is C20H25NO3. The number of aryl methyl sites for hydroxylation is 2. The lowest BCUT2D eigenvalue weighted by atomic mass is 10.0. The van der Waals surface area contributed by atoms with Crippen molar-refractivity contribution in [2.75, 3.05) is 14.2 Å². The van der Waals surface area contributed by atoms with Crippen LogP contribution in [0.15, 0.2) is 36.4 Å². The third-order valence-corrected chi connectivity index (χ3v) is 4.02. The number of carbonyl (C=O) groups excluding carboxylic acids is 1. The molecule has 0 spiro atoms. The Morgan fingerprint density at radius 3 is 2.21 bits per heavy atom. The third-order valence-electron chi connectivity index (χ3n) is 4.02. The molecule has 128 valence electrons. The molecule has 4 nitrogen and oxygen atoms in total. The maximum absolute atomic E-state index is 12.5. The van der Waals surface area contributed by atoms with Crippen LogP contribution in [0.1, 0.15) is 35.2 Å². The third kappa shape index (κ3) is 4.28. The van der Waals surface area contributed by atoms with Crippen LogP contribution in [0.4, 0.5) is 0 Å². The number of benzene rings is 2. The topological polar surface area (TPSA) is 47.6 Å². The van der Waals surface area contributed by atoms with Gasteiger partial charge in [-0.1, -0.05) is 35.4 Å². The molecule has 2 aromatic carbocycles. The maximum Gasteiger partial charge on any atom is 0.225 e. The monoisotopic (exact) mass is 327 g/mol. The van der Waals surface area contributed by atoms with E-state index < -0.39 is 0 Å². The Morgan fingerprint density at radius 1 is 1.00 bits per heavy atom. The predicted octanol–water partition coefficient (Wildman–Crippen LogP) is 3.74. The highest BCUT2D eigenvalue weighted by Crippen LogP contribution is 2.26. The number of amides is 1. The molecular weight excluding hydrogens is 302 g/mol. The van der Waals surface area contributed by atoms with Crippen LogP contribution in [-0.4, -0.2) is 20.1 Å². The zero-order chi connectivity index (χ0) is 17.7. The number of methoxy groups -OCH3 is 2. The van der Waals surface area contributed by atoms with Gasteiger partial charge in [-0.05, 0) is 32.9 Å². The second-order valence-corrected chi connectivity index (χ2v) is 6.03. The van der Waals surface area contributed by atoms with Crippen LogP contribution in [-0.2, 0) is 11.2 Å². The van der Waals surface area contributed by atoms with E-state index >= 15 is 0 Å². The molecule has 0 bridgehead atoms. The molecule has 0 aliphatic rings. The lowest BCUT2D eigenvalue weighted by Crippen LogP contribution is -2.28. The van der Waals surface area contributed by atoms with Crippen LogP contribution in [0.5, 0.6) is 11.5 Å². The van der Waals surface area contributed by atoms with Crippen molar-refractivity contribution in [3.05, 3.63) is 58.7 Å². The second-order valence-electron chi connectivity index (χ2n) is 6.03. The highest BCUT2D eigenvalue weighted by Gasteiger charge is 2.16. The van der Waals surface area contributed by atoms with E-state index in [1.165, 1.54) is 0 Å². The first-order valence-electron chi connectivity index (χ1n) is 8.02. The summed E-state index contributed by atoms with van der Waals surface area (Å²) in [7, 11) is 3.26. The highest BCUT2D eigenvalue weighted by molar-refractivity contribution is 5.80. The van der Waals surface area contributed by atoms with Crippen molar-refractivity contribution < 1.29 is 14.3 Å². The van der Waals surface area contributed by atoms with Gasteiger partial charge in [0, 0.05) is 11.1 Å². The van der Waals surface area contributed by atoms with Gasteiger partial charge < -0.3 is 14.8 Å². The van der Waals surface area contributed by atoms with Crippen molar-refractivity contribution in [1.29, 1.82) is 0 Å². The lowest BCUT2D eigenvalue weighted by molar-refractivity contribution is -0.121. The summed E-state index contributed by atoms with van der Waals surface area (Å²) in [5.41, 5.74) is 4.10. The lowest BCUT2D eigenvalue weighted by Gasteiger charge is -2.18. The summed E-state index contributed by atoms with van der Waals surface area (Å²) in [4.78, 5) is 12.5. The first-order valence-corrected chi connectivity index (χ1v) is 8.02. The van der Waals surface area contributed by atoms with Gasteiger partial charge in [0.15, 0.2) is 0 Å². The smallest absolute Gasteiger partial charge is 0.225 e. The Balaban J connectivity index is 2.13. The van der Waals surface area contributed by atoms with E-state index in [1.54, 1.807) is 14.2 Å². The Kier molecular flexibility index (Phi) is 5.85. The van der Waals surface area contributed by atoms with Crippen molar-refractivity contribution in [2.24, 2.45) is 0 Å². The molecule has 0 saturated heterocycles. The zero-order valence-electron chi connectivity index (χ0n) is 15.0. The van der Waals surface area contributed by atoms with Crippen molar-refractivity contribution in [3.8, 4) is 11.5 Å². The summed E-state index contributed by atoms with van der Waals surface area (Å²) in [5.74, 6) is 1.47. The average Bonchev–Trinajstić information content (AvgIpc) is 2.54. The number of hydrogen-bond acceptors (Lipinski definition) is 3. The molecule has 1 atom stereocenters. The largest absolute Gasteiger partial charge is 0.496 e. The number of hydrogen-bond donors (Lipinski definition) is 1. The van der Waals surface area contributed by atoms with E-state index in [0.717, 1.165) is 33.8 Å². The molecule has 1 N–H and O–H groups in total. The van der Waals surface area contributed by atoms with Gasteiger partial charge in [-0.2, -0.15) is 0 Å². The van der Waals surface area contributed by atoms with E-state index in [0.29, 0.717) is 0 Å².